The zero-order valence-corrected chi connectivity index (χ0v) is 13.6. The minimum absolute atomic E-state index is 0.102. The molecule has 0 bridgehead atoms. The maximum Gasteiger partial charge on any atom is 0.244 e. The van der Waals surface area contributed by atoms with Crippen LogP contribution in [0.4, 0.5) is 0 Å². The SMILES string of the molecule is N#Cc1ccccc1Oc1ccc(S(=O)(=O)N2CCOCC2)cn1. The Balaban J connectivity index is 1.79. The molecule has 0 N–H and O–H groups in total. The van der Waals surface area contributed by atoms with Crippen LogP contribution >= 0.6 is 0 Å². The second-order valence-electron chi connectivity index (χ2n) is 5.06. The van der Waals surface area contributed by atoms with Crippen molar-refractivity contribution in [2.24, 2.45) is 0 Å². The van der Waals surface area contributed by atoms with Crippen LogP contribution in [0.1, 0.15) is 5.56 Å². The van der Waals surface area contributed by atoms with Crippen molar-refractivity contribution in [2.45, 2.75) is 4.90 Å². The molecule has 7 nitrogen and oxygen atoms in total. The molecule has 1 aliphatic rings. The van der Waals surface area contributed by atoms with E-state index in [-0.39, 0.29) is 10.8 Å². The summed E-state index contributed by atoms with van der Waals surface area (Å²) in [6.45, 7) is 1.43. The van der Waals surface area contributed by atoms with Gasteiger partial charge in [-0.3, -0.25) is 0 Å². The van der Waals surface area contributed by atoms with Crippen LogP contribution < -0.4 is 4.74 Å². The summed E-state index contributed by atoms with van der Waals surface area (Å²) < 4.78 is 37.1. The van der Waals surface area contributed by atoms with E-state index in [9.17, 15) is 8.42 Å². The number of morpholine rings is 1. The highest BCUT2D eigenvalue weighted by Gasteiger charge is 2.26. The molecular weight excluding hydrogens is 330 g/mol. The van der Waals surface area contributed by atoms with E-state index in [1.165, 1.54) is 22.6 Å². The van der Waals surface area contributed by atoms with Crippen molar-refractivity contribution in [3.05, 3.63) is 48.2 Å². The lowest BCUT2D eigenvalue weighted by molar-refractivity contribution is 0.0730. The van der Waals surface area contributed by atoms with E-state index >= 15 is 0 Å². The Labute approximate surface area is 140 Å². The van der Waals surface area contributed by atoms with E-state index < -0.39 is 10.0 Å². The normalized spacial score (nSPS) is 15.6. The van der Waals surface area contributed by atoms with Gasteiger partial charge in [0.15, 0.2) is 0 Å². The van der Waals surface area contributed by atoms with E-state index in [1.807, 2.05) is 6.07 Å². The number of rotatable bonds is 4. The highest BCUT2D eigenvalue weighted by atomic mass is 32.2. The van der Waals surface area contributed by atoms with E-state index in [0.29, 0.717) is 37.6 Å². The fourth-order valence-corrected chi connectivity index (χ4v) is 3.63. The number of benzene rings is 1. The molecule has 24 heavy (non-hydrogen) atoms. The van der Waals surface area contributed by atoms with Crippen molar-refractivity contribution in [3.8, 4) is 17.7 Å². The number of hydrogen-bond donors (Lipinski definition) is 0. The van der Waals surface area contributed by atoms with Crippen molar-refractivity contribution in [3.63, 3.8) is 0 Å². The molecule has 124 valence electrons. The summed E-state index contributed by atoms with van der Waals surface area (Å²) in [6, 6.07) is 11.7. The summed E-state index contributed by atoms with van der Waals surface area (Å²) in [5, 5.41) is 9.05. The average Bonchev–Trinajstić information content (AvgIpc) is 2.63. The Hall–Kier alpha value is -2.47. The average molecular weight is 345 g/mol. The number of hydrogen-bond acceptors (Lipinski definition) is 6. The molecule has 0 saturated carbocycles. The van der Waals surface area contributed by atoms with Crippen LogP contribution in [-0.2, 0) is 14.8 Å². The van der Waals surface area contributed by atoms with Crippen LogP contribution in [0.3, 0.4) is 0 Å². The van der Waals surface area contributed by atoms with Gasteiger partial charge < -0.3 is 9.47 Å². The summed E-state index contributed by atoms with van der Waals surface area (Å²) in [7, 11) is -3.58. The third-order valence-corrected chi connectivity index (χ3v) is 5.42. The van der Waals surface area contributed by atoms with Gasteiger partial charge in [-0.15, -0.1) is 0 Å². The smallest absolute Gasteiger partial charge is 0.244 e. The molecule has 3 rings (SSSR count). The summed E-state index contributed by atoms with van der Waals surface area (Å²) in [5.41, 5.74) is 0.379. The largest absolute Gasteiger partial charge is 0.438 e. The maximum absolute atomic E-state index is 12.5. The van der Waals surface area contributed by atoms with Crippen molar-refractivity contribution in [2.75, 3.05) is 26.3 Å². The number of ether oxygens (including phenoxy) is 2. The Bertz CT molecular complexity index is 854. The highest BCUT2D eigenvalue weighted by Crippen LogP contribution is 2.24. The summed E-state index contributed by atoms with van der Waals surface area (Å²) in [6.07, 6.45) is 1.26. The van der Waals surface area contributed by atoms with Gasteiger partial charge in [0.05, 0.1) is 25.0 Å². The molecule has 0 unspecified atom stereocenters. The van der Waals surface area contributed by atoms with Crippen molar-refractivity contribution >= 4 is 10.0 Å². The number of aromatic nitrogens is 1. The number of para-hydroxylation sites is 1. The molecule has 2 heterocycles. The molecule has 1 aliphatic heterocycles. The Morgan fingerprint density at radius 2 is 1.92 bits per heavy atom. The lowest BCUT2D eigenvalue weighted by Crippen LogP contribution is -2.40. The summed E-state index contributed by atoms with van der Waals surface area (Å²) in [5.74, 6) is 0.593. The van der Waals surface area contributed by atoms with Crippen molar-refractivity contribution in [1.29, 1.82) is 5.26 Å². The van der Waals surface area contributed by atoms with Gasteiger partial charge in [-0.25, -0.2) is 13.4 Å². The molecular formula is C16H15N3O4S. The topological polar surface area (TPSA) is 92.5 Å². The maximum atomic E-state index is 12.5. The zero-order chi connectivity index (χ0) is 17.0. The van der Waals surface area contributed by atoms with Crippen LogP contribution in [0.15, 0.2) is 47.5 Å². The minimum atomic E-state index is -3.58. The molecule has 0 atom stereocenters. The van der Waals surface area contributed by atoms with Gasteiger partial charge in [-0.1, -0.05) is 12.1 Å². The first-order valence-electron chi connectivity index (χ1n) is 7.32. The van der Waals surface area contributed by atoms with E-state index in [1.54, 1.807) is 24.3 Å². The van der Waals surface area contributed by atoms with Gasteiger partial charge in [0, 0.05) is 19.2 Å². The quantitative estimate of drug-likeness (QED) is 0.838. The highest BCUT2D eigenvalue weighted by molar-refractivity contribution is 7.89. The molecule has 1 saturated heterocycles. The summed E-state index contributed by atoms with van der Waals surface area (Å²) in [4.78, 5) is 4.14. The number of sulfonamides is 1. The van der Waals surface area contributed by atoms with Gasteiger partial charge >= 0.3 is 0 Å². The predicted molar refractivity (Wildman–Crippen MR) is 85.0 cm³/mol. The monoisotopic (exact) mass is 345 g/mol. The number of nitriles is 1. The molecule has 1 aromatic heterocycles. The third-order valence-electron chi connectivity index (χ3n) is 3.54. The van der Waals surface area contributed by atoms with E-state index in [0.717, 1.165) is 0 Å². The first kappa shape index (κ1) is 16.4. The van der Waals surface area contributed by atoms with Crippen molar-refractivity contribution in [1.82, 2.24) is 9.29 Å². The second kappa shape index (κ2) is 6.97. The van der Waals surface area contributed by atoms with Crippen LogP contribution in [-0.4, -0.2) is 44.0 Å². The predicted octanol–water partition coefficient (Wildman–Crippen LogP) is 1.77. The number of nitrogens with zero attached hydrogens (tertiary/aromatic N) is 3. The van der Waals surface area contributed by atoms with Gasteiger partial charge in [0.25, 0.3) is 0 Å². The van der Waals surface area contributed by atoms with Gasteiger partial charge in [0.2, 0.25) is 15.9 Å². The lowest BCUT2D eigenvalue weighted by atomic mass is 10.2. The van der Waals surface area contributed by atoms with Gasteiger partial charge in [-0.05, 0) is 18.2 Å². The van der Waals surface area contributed by atoms with Gasteiger partial charge in [0.1, 0.15) is 16.7 Å². The fraction of sp³-hybridized carbons (Fsp3) is 0.250. The van der Waals surface area contributed by atoms with Crippen LogP contribution in [0, 0.1) is 11.3 Å². The minimum Gasteiger partial charge on any atom is -0.438 e. The first-order valence-corrected chi connectivity index (χ1v) is 8.76. The third kappa shape index (κ3) is 3.38. The van der Waals surface area contributed by atoms with E-state index in [4.69, 9.17) is 14.7 Å². The number of pyridine rings is 1. The Morgan fingerprint density at radius 1 is 1.17 bits per heavy atom. The van der Waals surface area contributed by atoms with Crippen molar-refractivity contribution < 1.29 is 17.9 Å². The molecule has 1 aromatic carbocycles. The fourth-order valence-electron chi connectivity index (χ4n) is 2.28. The van der Waals surface area contributed by atoms with Crippen LogP contribution in [0.2, 0.25) is 0 Å². The molecule has 8 heteroatoms. The second-order valence-corrected chi connectivity index (χ2v) is 7.00. The molecule has 0 amide bonds. The Kier molecular flexibility index (Phi) is 4.76. The molecule has 1 fully saturated rings. The Morgan fingerprint density at radius 3 is 2.58 bits per heavy atom. The standard InChI is InChI=1S/C16H15N3O4S/c17-11-13-3-1-2-4-15(13)23-16-6-5-14(12-18-16)24(20,21)19-7-9-22-10-8-19/h1-6,12H,7-10H2. The molecule has 0 aliphatic carbocycles. The first-order chi connectivity index (χ1) is 11.6. The van der Waals surface area contributed by atoms with Crippen LogP contribution in [0.5, 0.6) is 11.6 Å². The zero-order valence-electron chi connectivity index (χ0n) is 12.8. The van der Waals surface area contributed by atoms with Crippen LogP contribution in [0.25, 0.3) is 0 Å². The lowest BCUT2D eigenvalue weighted by Gasteiger charge is -2.25. The molecule has 2 aromatic rings. The van der Waals surface area contributed by atoms with E-state index in [2.05, 4.69) is 4.98 Å². The molecule has 0 spiro atoms. The summed E-state index contributed by atoms with van der Waals surface area (Å²) >= 11 is 0. The molecule has 0 radical (unpaired) electrons. The van der Waals surface area contributed by atoms with Gasteiger partial charge in [-0.2, -0.15) is 9.57 Å².